The average molecular weight is 305 g/mol. The molecule has 2 aromatic rings. The Bertz CT molecular complexity index is 591. The lowest BCUT2D eigenvalue weighted by Crippen LogP contribution is -2.25. The maximum absolute atomic E-state index is 13.4. The molecule has 21 heavy (non-hydrogen) atoms. The minimum absolute atomic E-state index is 0.00891. The fourth-order valence-corrected chi connectivity index (χ4v) is 3.40. The number of nitrogens with two attached hydrogens (primary N) is 1. The molecule has 2 nitrogen and oxygen atoms in total. The Morgan fingerprint density at radius 3 is 2.62 bits per heavy atom. The van der Waals surface area contributed by atoms with Gasteiger partial charge in [0.1, 0.15) is 11.6 Å². The van der Waals surface area contributed by atoms with E-state index in [1.54, 1.807) is 31.0 Å². The first kappa shape index (κ1) is 15.9. The molecule has 112 valence electrons. The van der Waals surface area contributed by atoms with Gasteiger partial charge in [-0.25, -0.2) is 4.39 Å². The fourth-order valence-electron chi connectivity index (χ4n) is 2.12. The van der Waals surface area contributed by atoms with E-state index in [0.717, 1.165) is 22.6 Å². The summed E-state index contributed by atoms with van der Waals surface area (Å²) in [5, 5.41) is 0.0619. The van der Waals surface area contributed by atoms with Crippen LogP contribution in [0.3, 0.4) is 0 Å². The molecule has 2 rings (SSSR count). The van der Waals surface area contributed by atoms with Gasteiger partial charge in [0.2, 0.25) is 0 Å². The van der Waals surface area contributed by atoms with Crippen molar-refractivity contribution in [3.63, 3.8) is 0 Å². The third-order valence-corrected chi connectivity index (χ3v) is 4.74. The normalized spacial score (nSPS) is 13.7. The molecule has 0 saturated carbocycles. The lowest BCUT2D eigenvalue weighted by Gasteiger charge is -2.23. The van der Waals surface area contributed by atoms with Crippen LogP contribution in [-0.4, -0.2) is 13.2 Å². The summed E-state index contributed by atoms with van der Waals surface area (Å²) < 4.78 is 18.6. The Balaban J connectivity index is 2.29. The van der Waals surface area contributed by atoms with Gasteiger partial charge in [0, 0.05) is 16.2 Å². The highest BCUT2D eigenvalue weighted by molar-refractivity contribution is 7.99. The molecular formula is C17H20FNOS. The quantitative estimate of drug-likeness (QED) is 0.803. The highest BCUT2D eigenvalue weighted by Crippen LogP contribution is 2.39. The molecule has 0 heterocycles. The second kappa shape index (κ2) is 7.48. The number of thioether (sulfide) groups is 1. The van der Waals surface area contributed by atoms with Crippen LogP contribution in [0.2, 0.25) is 0 Å². The van der Waals surface area contributed by atoms with E-state index < -0.39 is 0 Å². The van der Waals surface area contributed by atoms with Crippen LogP contribution in [-0.2, 0) is 0 Å². The Morgan fingerprint density at radius 2 is 1.95 bits per heavy atom. The molecule has 0 amide bonds. The molecule has 0 fully saturated rings. The van der Waals surface area contributed by atoms with Crippen molar-refractivity contribution in [1.82, 2.24) is 0 Å². The standard InChI is InChI=1S/C17H20FNOS/c1-3-16(19)17(12-6-4-8-14(10-12)20-2)21-15-9-5-7-13(18)11-15/h4-11,16-17H,3,19H2,1-2H3. The fraction of sp³-hybridized carbons (Fsp3) is 0.294. The first-order valence-electron chi connectivity index (χ1n) is 6.95. The van der Waals surface area contributed by atoms with Crippen molar-refractivity contribution in [3.05, 3.63) is 59.9 Å². The van der Waals surface area contributed by atoms with Crippen LogP contribution in [0.15, 0.2) is 53.4 Å². The second-order valence-electron chi connectivity index (χ2n) is 4.84. The number of hydrogen-bond donors (Lipinski definition) is 1. The molecule has 2 unspecified atom stereocenters. The second-order valence-corrected chi connectivity index (χ2v) is 6.06. The molecule has 2 aromatic carbocycles. The van der Waals surface area contributed by atoms with E-state index in [2.05, 4.69) is 6.92 Å². The summed E-state index contributed by atoms with van der Waals surface area (Å²) in [7, 11) is 1.65. The molecule has 0 aliphatic carbocycles. The zero-order valence-corrected chi connectivity index (χ0v) is 13.1. The molecule has 2 N–H and O–H groups in total. The minimum atomic E-state index is -0.227. The Morgan fingerprint density at radius 1 is 1.19 bits per heavy atom. The third-order valence-electron chi connectivity index (χ3n) is 3.34. The molecule has 0 aliphatic rings. The first-order valence-corrected chi connectivity index (χ1v) is 7.83. The van der Waals surface area contributed by atoms with Crippen molar-refractivity contribution in [2.75, 3.05) is 7.11 Å². The largest absolute Gasteiger partial charge is 0.497 e. The van der Waals surface area contributed by atoms with Crippen molar-refractivity contribution in [3.8, 4) is 5.75 Å². The van der Waals surface area contributed by atoms with Gasteiger partial charge < -0.3 is 10.5 Å². The average Bonchev–Trinajstić information content (AvgIpc) is 2.52. The molecule has 0 saturated heterocycles. The van der Waals surface area contributed by atoms with E-state index in [1.165, 1.54) is 6.07 Å². The van der Waals surface area contributed by atoms with Crippen molar-refractivity contribution >= 4 is 11.8 Å². The number of ether oxygens (including phenoxy) is 1. The van der Waals surface area contributed by atoms with Gasteiger partial charge in [-0.05, 0) is 42.3 Å². The lowest BCUT2D eigenvalue weighted by atomic mass is 10.0. The van der Waals surface area contributed by atoms with E-state index >= 15 is 0 Å². The maximum Gasteiger partial charge on any atom is 0.124 e. The number of rotatable bonds is 6. The molecule has 2 atom stereocenters. The van der Waals surface area contributed by atoms with Gasteiger partial charge in [0.15, 0.2) is 0 Å². The van der Waals surface area contributed by atoms with E-state index in [0.29, 0.717) is 0 Å². The van der Waals surface area contributed by atoms with Gasteiger partial charge in [-0.1, -0.05) is 25.1 Å². The van der Waals surface area contributed by atoms with Crippen LogP contribution in [0.5, 0.6) is 5.75 Å². The van der Waals surface area contributed by atoms with Crippen LogP contribution in [0.25, 0.3) is 0 Å². The van der Waals surface area contributed by atoms with Crippen LogP contribution in [0, 0.1) is 5.82 Å². The molecule has 0 radical (unpaired) electrons. The summed E-state index contributed by atoms with van der Waals surface area (Å²) in [5.74, 6) is 0.579. The van der Waals surface area contributed by atoms with Crippen molar-refractivity contribution in [2.45, 2.75) is 29.5 Å². The SMILES string of the molecule is CCC(N)C(Sc1cccc(F)c1)c1cccc(OC)c1. The number of halogens is 1. The van der Waals surface area contributed by atoms with Gasteiger partial charge in [-0.15, -0.1) is 11.8 Å². The molecule has 0 spiro atoms. The highest BCUT2D eigenvalue weighted by atomic mass is 32.2. The van der Waals surface area contributed by atoms with Crippen molar-refractivity contribution < 1.29 is 9.13 Å². The highest BCUT2D eigenvalue weighted by Gasteiger charge is 2.20. The Hall–Kier alpha value is -1.52. The summed E-state index contributed by atoms with van der Waals surface area (Å²) in [4.78, 5) is 0.881. The maximum atomic E-state index is 13.4. The van der Waals surface area contributed by atoms with E-state index in [1.807, 2.05) is 30.3 Å². The van der Waals surface area contributed by atoms with Gasteiger partial charge >= 0.3 is 0 Å². The summed E-state index contributed by atoms with van der Waals surface area (Å²) in [6.45, 7) is 2.06. The summed E-state index contributed by atoms with van der Waals surface area (Å²) >= 11 is 1.59. The van der Waals surface area contributed by atoms with E-state index in [9.17, 15) is 4.39 Å². The van der Waals surface area contributed by atoms with Crippen LogP contribution >= 0.6 is 11.8 Å². The number of methoxy groups -OCH3 is 1. The third kappa shape index (κ3) is 4.22. The van der Waals surface area contributed by atoms with Crippen LogP contribution < -0.4 is 10.5 Å². The van der Waals surface area contributed by atoms with Gasteiger partial charge in [0.25, 0.3) is 0 Å². The molecule has 0 bridgehead atoms. The Kier molecular flexibility index (Phi) is 5.65. The summed E-state index contributed by atoms with van der Waals surface area (Å²) in [5.41, 5.74) is 7.37. The van der Waals surface area contributed by atoms with Gasteiger partial charge in [-0.2, -0.15) is 0 Å². The van der Waals surface area contributed by atoms with Crippen molar-refractivity contribution in [1.29, 1.82) is 0 Å². The zero-order valence-electron chi connectivity index (χ0n) is 12.3. The molecule has 4 heteroatoms. The summed E-state index contributed by atoms with van der Waals surface area (Å²) in [6.07, 6.45) is 0.851. The minimum Gasteiger partial charge on any atom is -0.497 e. The van der Waals surface area contributed by atoms with Gasteiger partial charge in [0.05, 0.1) is 7.11 Å². The molecule has 0 aromatic heterocycles. The topological polar surface area (TPSA) is 35.2 Å². The first-order chi connectivity index (χ1) is 10.1. The predicted octanol–water partition coefficient (Wildman–Crippen LogP) is 4.41. The smallest absolute Gasteiger partial charge is 0.124 e. The Labute approximate surface area is 129 Å². The number of benzene rings is 2. The molecule has 0 aliphatic heterocycles. The van der Waals surface area contributed by atoms with Gasteiger partial charge in [-0.3, -0.25) is 0 Å². The van der Waals surface area contributed by atoms with E-state index in [-0.39, 0.29) is 17.1 Å². The van der Waals surface area contributed by atoms with Crippen LogP contribution in [0.4, 0.5) is 4.39 Å². The van der Waals surface area contributed by atoms with Crippen molar-refractivity contribution in [2.24, 2.45) is 5.73 Å². The van der Waals surface area contributed by atoms with Crippen LogP contribution in [0.1, 0.15) is 24.2 Å². The monoisotopic (exact) mass is 305 g/mol. The summed E-state index contributed by atoms with van der Waals surface area (Å²) in [6, 6.07) is 14.5. The lowest BCUT2D eigenvalue weighted by molar-refractivity contribution is 0.414. The molecular weight excluding hydrogens is 285 g/mol. The number of hydrogen-bond acceptors (Lipinski definition) is 3. The van der Waals surface area contributed by atoms with E-state index in [4.69, 9.17) is 10.5 Å². The predicted molar refractivity (Wildman–Crippen MR) is 86.3 cm³/mol. The zero-order chi connectivity index (χ0) is 15.2.